The first-order valence-corrected chi connectivity index (χ1v) is 41.3. The van der Waals surface area contributed by atoms with Crippen LogP contribution in [0.5, 0.6) is 0 Å². The molecular formula is C84H149NO18. The molecule has 12 N–H and O–H groups in total. The van der Waals surface area contributed by atoms with Crippen LogP contribution in [-0.4, -0.2) is 193 Å². The minimum atomic E-state index is -1.98. The molecule has 3 aliphatic rings. The molecule has 17 atom stereocenters. The van der Waals surface area contributed by atoms with E-state index in [1.807, 2.05) is 6.08 Å². The Morgan fingerprint density at radius 3 is 1.05 bits per heavy atom. The van der Waals surface area contributed by atoms with Crippen LogP contribution in [0.25, 0.3) is 0 Å². The van der Waals surface area contributed by atoms with Crippen LogP contribution in [0.15, 0.2) is 85.1 Å². The predicted octanol–water partition coefficient (Wildman–Crippen LogP) is 14.2. The first-order valence-electron chi connectivity index (χ1n) is 41.3. The van der Waals surface area contributed by atoms with Crippen molar-refractivity contribution in [3.05, 3.63) is 85.1 Å². The summed E-state index contributed by atoms with van der Waals surface area (Å²) in [6.07, 6.45) is 58.7. The Hall–Kier alpha value is -3.03. The first kappa shape index (κ1) is 94.2. The molecule has 3 aliphatic heterocycles. The van der Waals surface area contributed by atoms with Crippen LogP contribution in [0.1, 0.15) is 309 Å². The lowest BCUT2D eigenvalue weighted by atomic mass is 9.96. The lowest BCUT2D eigenvalue weighted by molar-refractivity contribution is -0.379. The maximum Gasteiger partial charge on any atom is 0.220 e. The first-order chi connectivity index (χ1) is 50.3. The molecule has 3 heterocycles. The van der Waals surface area contributed by atoms with Gasteiger partial charge in [-0.25, -0.2) is 0 Å². The van der Waals surface area contributed by atoms with Gasteiger partial charge in [0.05, 0.1) is 38.6 Å². The molecule has 0 aromatic rings. The molecule has 598 valence electrons. The fraction of sp³-hybridized carbons (Fsp3) is 0.821. The maximum absolute atomic E-state index is 13.5. The third-order valence-corrected chi connectivity index (χ3v) is 20.2. The van der Waals surface area contributed by atoms with Gasteiger partial charge in [0.1, 0.15) is 73.2 Å². The van der Waals surface area contributed by atoms with Gasteiger partial charge in [-0.2, -0.15) is 0 Å². The summed E-state index contributed by atoms with van der Waals surface area (Å²) in [5.74, 6) is -0.272. The summed E-state index contributed by atoms with van der Waals surface area (Å²) < 4.78 is 34.4. The molecule has 0 bridgehead atoms. The van der Waals surface area contributed by atoms with Crippen LogP contribution in [-0.2, 0) is 33.2 Å². The van der Waals surface area contributed by atoms with E-state index in [1.54, 1.807) is 6.08 Å². The predicted molar refractivity (Wildman–Crippen MR) is 411 cm³/mol. The number of nitrogens with one attached hydrogen (secondary N) is 1. The van der Waals surface area contributed by atoms with Crippen molar-refractivity contribution in [2.75, 3.05) is 26.4 Å². The average molecular weight is 1460 g/mol. The zero-order chi connectivity index (χ0) is 74.6. The molecule has 0 spiro atoms. The van der Waals surface area contributed by atoms with Crippen LogP contribution >= 0.6 is 0 Å². The fourth-order valence-electron chi connectivity index (χ4n) is 13.6. The number of hydrogen-bond acceptors (Lipinski definition) is 18. The molecule has 0 saturated carbocycles. The Labute approximate surface area is 622 Å². The number of ether oxygens (including phenoxy) is 6. The Kier molecular flexibility index (Phi) is 58.4. The van der Waals surface area contributed by atoms with Gasteiger partial charge in [-0.15, -0.1) is 0 Å². The number of amides is 1. The third-order valence-electron chi connectivity index (χ3n) is 20.2. The summed E-state index contributed by atoms with van der Waals surface area (Å²) in [6.45, 7) is 1.65. The molecule has 19 heteroatoms. The van der Waals surface area contributed by atoms with Gasteiger partial charge in [0, 0.05) is 6.42 Å². The second-order valence-electron chi connectivity index (χ2n) is 29.2. The highest BCUT2D eigenvalue weighted by molar-refractivity contribution is 5.76. The number of carbonyl (C=O) groups excluding carboxylic acids is 1. The topological polar surface area (TPSA) is 307 Å². The molecule has 1 amide bonds. The molecule has 3 saturated heterocycles. The summed E-state index contributed by atoms with van der Waals surface area (Å²) in [5.41, 5.74) is 0. The van der Waals surface area contributed by atoms with E-state index in [1.165, 1.54) is 199 Å². The molecule has 3 fully saturated rings. The van der Waals surface area contributed by atoms with E-state index < -0.39 is 124 Å². The van der Waals surface area contributed by atoms with Crippen molar-refractivity contribution < 1.29 is 89.4 Å². The fourth-order valence-corrected chi connectivity index (χ4v) is 13.6. The van der Waals surface area contributed by atoms with E-state index in [4.69, 9.17) is 28.4 Å². The van der Waals surface area contributed by atoms with Gasteiger partial charge in [-0.05, 0) is 70.6 Å². The molecule has 0 aromatic carbocycles. The van der Waals surface area contributed by atoms with Crippen LogP contribution in [0.2, 0.25) is 0 Å². The smallest absolute Gasteiger partial charge is 0.220 e. The molecule has 0 aliphatic carbocycles. The molecular weight excluding hydrogens is 1310 g/mol. The lowest BCUT2D eigenvalue weighted by Gasteiger charge is -2.48. The van der Waals surface area contributed by atoms with E-state index in [-0.39, 0.29) is 18.9 Å². The van der Waals surface area contributed by atoms with Gasteiger partial charge < -0.3 is 89.9 Å². The molecule has 19 nitrogen and oxygen atoms in total. The van der Waals surface area contributed by atoms with Gasteiger partial charge in [0.2, 0.25) is 5.91 Å². The average Bonchev–Trinajstić information content (AvgIpc) is 0.782. The third kappa shape index (κ3) is 43.7. The highest BCUT2D eigenvalue weighted by Crippen LogP contribution is 2.33. The lowest BCUT2D eigenvalue weighted by Crippen LogP contribution is -2.66. The number of hydrogen-bond donors (Lipinski definition) is 12. The van der Waals surface area contributed by atoms with E-state index in [2.05, 4.69) is 92.1 Å². The highest BCUT2D eigenvalue weighted by atomic mass is 16.8. The van der Waals surface area contributed by atoms with Gasteiger partial charge in [0.25, 0.3) is 0 Å². The largest absolute Gasteiger partial charge is 0.394 e. The molecule has 3 rings (SSSR count). The van der Waals surface area contributed by atoms with Gasteiger partial charge >= 0.3 is 0 Å². The zero-order valence-electron chi connectivity index (χ0n) is 64.0. The van der Waals surface area contributed by atoms with Crippen molar-refractivity contribution in [2.45, 2.75) is 413 Å². The number of allylic oxidation sites excluding steroid dienone is 13. The van der Waals surface area contributed by atoms with E-state index >= 15 is 0 Å². The summed E-state index contributed by atoms with van der Waals surface area (Å²) in [4.78, 5) is 13.5. The van der Waals surface area contributed by atoms with Crippen LogP contribution in [0.3, 0.4) is 0 Å². The second kappa shape index (κ2) is 63.9. The number of carbonyl (C=O) groups is 1. The van der Waals surface area contributed by atoms with Crippen LogP contribution in [0, 0.1) is 0 Å². The SMILES string of the molecule is CC/C=C\C/C=C\C/C=C\C/C=C\C/C=C\C/C=C\CCCCCCCCCCCCCCCCCCCCCCCCC(=O)NC(COC1OC(CO)C(OC2OC(CO)C(OC3OC(CO)C(O)C(O)C3O)C(O)C2O)C(O)C1O)C(O)/C=C/CCCCCCCCCCCCCCCCC. The van der Waals surface area contributed by atoms with Crippen molar-refractivity contribution in [2.24, 2.45) is 0 Å². The van der Waals surface area contributed by atoms with E-state index in [9.17, 15) is 61.0 Å². The summed E-state index contributed by atoms with van der Waals surface area (Å²) in [7, 11) is 0. The van der Waals surface area contributed by atoms with Crippen molar-refractivity contribution in [3.63, 3.8) is 0 Å². The van der Waals surface area contributed by atoms with Gasteiger partial charge in [-0.3, -0.25) is 4.79 Å². The minimum absolute atomic E-state index is 0.244. The number of aliphatic hydroxyl groups is 11. The Morgan fingerprint density at radius 2 is 0.670 bits per heavy atom. The zero-order valence-corrected chi connectivity index (χ0v) is 64.0. The van der Waals surface area contributed by atoms with Crippen LogP contribution < -0.4 is 5.32 Å². The number of aliphatic hydroxyl groups excluding tert-OH is 11. The summed E-state index contributed by atoms with van der Waals surface area (Å²) >= 11 is 0. The molecule has 103 heavy (non-hydrogen) atoms. The standard InChI is InChI=1S/C84H149NO18/c1-3-5-7-9-11-13-15-17-19-21-22-23-24-25-26-27-28-29-30-31-32-33-34-35-36-37-38-39-40-41-42-43-44-46-48-50-52-54-56-58-60-62-72(90)85-67(68(89)61-59-57-55-53-51-49-47-45-20-18-16-14-12-10-8-6-4-2)66-98-82-78(96)75(93)80(70(64-87)100-82)103-84-79(97)76(94)81(71(65-88)101-84)102-83-77(95)74(92)73(91)69(63-86)99-83/h5,7,11,13,17,19,22-23,25-26,28-29,59,61,67-71,73-84,86-89,91-97H,3-4,6,8-10,12,14-16,18,20-21,24,27,30-58,60,62-66H2,1-2H3,(H,85,90)/b7-5-,13-11-,19-17-,23-22-,26-25-,29-28-,61-59+. The number of unbranched alkanes of at least 4 members (excludes halogenated alkanes) is 37. The second-order valence-corrected chi connectivity index (χ2v) is 29.2. The molecule has 0 aromatic heterocycles. The summed E-state index contributed by atoms with van der Waals surface area (Å²) in [5, 5.41) is 121. The van der Waals surface area contributed by atoms with Crippen LogP contribution in [0.4, 0.5) is 0 Å². The molecule has 0 radical (unpaired) electrons. The Balaban J connectivity index is 1.29. The minimum Gasteiger partial charge on any atom is -0.394 e. The van der Waals surface area contributed by atoms with E-state index in [0.717, 1.165) is 83.5 Å². The Morgan fingerprint density at radius 1 is 0.359 bits per heavy atom. The highest BCUT2D eigenvalue weighted by Gasteiger charge is 2.54. The Bertz CT molecular complexity index is 2190. The van der Waals surface area contributed by atoms with E-state index in [0.29, 0.717) is 6.42 Å². The quantitative estimate of drug-likeness (QED) is 0.0199. The van der Waals surface area contributed by atoms with Gasteiger partial charge in [0.15, 0.2) is 18.9 Å². The number of rotatable bonds is 65. The van der Waals surface area contributed by atoms with Crippen molar-refractivity contribution >= 4 is 5.91 Å². The summed E-state index contributed by atoms with van der Waals surface area (Å²) in [6, 6.07) is -0.975. The monoisotopic (exact) mass is 1460 g/mol. The molecule has 17 unspecified atom stereocenters. The van der Waals surface area contributed by atoms with Gasteiger partial charge in [-0.1, -0.05) is 317 Å². The normalized spacial score (nSPS) is 26.5. The van der Waals surface area contributed by atoms with Crippen molar-refractivity contribution in [3.8, 4) is 0 Å². The van der Waals surface area contributed by atoms with Crippen molar-refractivity contribution in [1.29, 1.82) is 0 Å². The maximum atomic E-state index is 13.5. The van der Waals surface area contributed by atoms with Crippen molar-refractivity contribution in [1.82, 2.24) is 5.32 Å².